The largest absolute Gasteiger partial charge is 0.334 e. The SMILES string of the molecule is Cc1nccc([C@@H]2CCCN2C(=O)Cc2c(C)nc3ccccn23)n1. The number of carbonyl (C=O) groups excluding carboxylic acids is 1. The van der Waals surface area contributed by atoms with Gasteiger partial charge in [0, 0.05) is 18.9 Å². The van der Waals surface area contributed by atoms with Crippen LogP contribution in [0.3, 0.4) is 0 Å². The van der Waals surface area contributed by atoms with Crippen LogP contribution in [0, 0.1) is 13.8 Å². The zero-order valence-electron chi connectivity index (χ0n) is 14.5. The summed E-state index contributed by atoms with van der Waals surface area (Å²) in [4.78, 5) is 28.2. The van der Waals surface area contributed by atoms with Gasteiger partial charge >= 0.3 is 0 Å². The van der Waals surface area contributed by atoms with E-state index in [1.807, 2.05) is 53.6 Å². The van der Waals surface area contributed by atoms with Gasteiger partial charge in [-0.2, -0.15) is 0 Å². The lowest BCUT2D eigenvalue weighted by Gasteiger charge is -2.24. The highest BCUT2D eigenvalue weighted by molar-refractivity contribution is 5.79. The lowest BCUT2D eigenvalue weighted by molar-refractivity contribution is -0.131. The van der Waals surface area contributed by atoms with Crippen molar-refractivity contribution in [2.75, 3.05) is 6.54 Å². The molecular formula is C19H21N5O. The highest BCUT2D eigenvalue weighted by Crippen LogP contribution is 2.31. The number of hydrogen-bond acceptors (Lipinski definition) is 4. The number of imidazole rings is 1. The number of aryl methyl sites for hydroxylation is 2. The minimum absolute atomic E-state index is 0.0497. The summed E-state index contributed by atoms with van der Waals surface area (Å²) in [5, 5.41) is 0. The van der Waals surface area contributed by atoms with Crippen LogP contribution >= 0.6 is 0 Å². The summed E-state index contributed by atoms with van der Waals surface area (Å²) < 4.78 is 2.01. The summed E-state index contributed by atoms with van der Waals surface area (Å²) in [5.74, 6) is 0.877. The molecule has 0 radical (unpaired) electrons. The van der Waals surface area contributed by atoms with Crippen LogP contribution in [0.1, 0.15) is 41.8 Å². The van der Waals surface area contributed by atoms with Gasteiger partial charge in [0.1, 0.15) is 11.5 Å². The molecule has 1 amide bonds. The summed E-state index contributed by atoms with van der Waals surface area (Å²) in [7, 11) is 0. The number of likely N-dealkylation sites (tertiary alicyclic amines) is 1. The smallest absolute Gasteiger partial charge is 0.229 e. The van der Waals surface area contributed by atoms with Gasteiger partial charge < -0.3 is 9.30 Å². The molecule has 1 aliphatic heterocycles. The molecule has 4 heterocycles. The third-order valence-corrected chi connectivity index (χ3v) is 4.86. The van der Waals surface area contributed by atoms with Crippen molar-refractivity contribution in [1.82, 2.24) is 24.3 Å². The van der Waals surface area contributed by atoms with Crippen LogP contribution in [-0.4, -0.2) is 36.7 Å². The van der Waals surface area contributed by atoms with Gasteiger partial charge in [0.15, 0.2) is 0 Å². The Morgan fingerprint density at radius 3 is 2.96 bits per heavy atom. The maximum atomic E-state index is 13.0. The fraction of sp³-hybridized carbons (Fsp3) is 0.368. The molecular weight excluding hydrogens is 314 g/mol. The molecule has 0 N–H and O–H groups in total. The van der Waals surface area contributed by atoms with Crippen LogP contribution in [0.15, 0.2) is 36.7 Å². The van der Waals surface area contributed by atoms with Gasteiger partial charge in [-0.15, -0.1) is 0 Å². The first-order valence-electron chi connectivity index (χ1n) is 8.65. The summed E-state index contributed by atoms with van der Waals surface area (Å²) in [6.45, 7) is 4.62. The Balaban J connectivity index is 1.60. The summed E-state index contributed by atoms with van der Waals surface area (Å²) in [6, 6.07) is 7.85. The Morgan fingerprint density at radius 1 is 1.24 bits per heavy atom. The van der Waals surface area contributed by atoms with Crippen molar-refractivity contribution in [3.8, 4) is 0 Å². The Hall–Kier alpha value is -2.76. The van der Waals surface area contributed by atoms with Crippen LogP contribution in [0.2, 0.25) is 0 Å². The Labute approximate surface area is 146 Å². The van der Waals surface area contributed by atoms with E-state index in [4.69, 9.17) is 0 Å². The number of amides is 1. The molecule has 1 saturated heterocycles. The Kier molecular flexibility index (Phi) is 3.95. The molecule has 0 aliphatic carbocycles. The normalized spacial score (nSPS) is 17.4. The van der Waals surface area contributed by atoms with E-state index < -0.39 is 0 Å². The van der Waals surface area contributed by atoms with Gasteiger partial charge in [-0.3, -0.25) is 4.79 Å². The van der Waals surface area contributed by atoms with E-state index >= 15 is 0 Å². The van der Waals surface area contributed by atoms with E-state index in [2.05, 4.69) is 15.0 Å². The van der Waals surface area contributed by atoms with Crippen molar-refractivity contribution < 1.29 is 4.79 Å². The predicted octanol–water partition coefficient (Wildman–Crippen LogP) is 2.65. The standard InChI is InChI=1S/C19H21N5O/c1-13-17(23-10-4-3-7-18(23)21-13)12-19(25)24-11-5-6-16(24)15-8-9-20-14(2)22-15/h3-4,7-10,16H,5-6,11-12H2,1-2H3/t16-/m0/s1. The van der Waals surface area contributed by atoms with Crippen LogP contribution < -0.4 is 0 Å². The fourth-order valence-corrected chi connectivity index (χ4v) is 3.65. The number of hydrogen-bond donors (Lipinski definition) is 0. The number of pyridine rings is 1. The number of fused-ring (bicyclic) bond motifs is 1. The Bertz CT molecular complexity index is 932. The maximum Gasteiger partial charge on any atom is 0.229 e. The summed E-state index contributed by atoms with van der Waals surface area (Å²) in [5.41, 5.74) is 3.69. The minimum atomic E-state index is 0.0497. The first-order chi connectivity index (χ1) is 12.1. The number of carbonyl (C=O) groups is 1. The molecule has 1 fully saturated rings. The van der Waals surface area contributed by atoms with Crippen molar-refractivity contribution in [2.24, 2.45) is 0 Å². The van der Waals surface area contributed by atoms with Crippen molar-refractivity contribution in [3.05, 3.63) is 59.6 Å². The van der Waals surface area contributed by atoms with Crippen LogP contribution in [0.5, 0.6) is 0 Å². The number of aromatic nitrogens is 4. The molecule has 3 aromatic heterocycles. The molecule has 1 aliphatic rings. The second-order valence-electron chi connectivity index (χ2n) is 6.52. The molecule has 0 aromatic carbocycles. The molecule has 0 saturated carbocycles. The van der Waals surface area contributed by atoms with Crippen molar-refractivity contribution in [2.45, 2.75) is 39.2 Å². The Morgan fingerprint density at radius 2 is 2.12 bits per heavy atom. The molecule has 0 spiro atoms. The van der Waals surface area contributed by atoms with Gasteiger partial charge in [0.25, 0.3) is 0 Å². The first-order valence-corrected chi connectivity index (χ1v) is 8.65. The topological polar surface area (TPSA) is 63.4 Å². The fourth-order valence-electron chi connectivity index (χ4n) is 3.65. The lowest BCUT2D eigenvalue weighted by Crippen LogP contribution is -2.32. The van der Waals surface area contributed by atoms with E-state index in [0.717, 1.165) is 47.9 Å². The van der Waals surface area contributed by atoms with E-state index in [1.54, 1.807) is 6.20 Å². The van der Waals surface area contributed by atoms with Gasteiger partial charge in [-0.1, -0.05) is 6.07 Å². The van der Waals surface area contributed by atoms with Crippen molar-refractivity contribution in [3.63, 3.8) is 0 Å². The average molecular weight is 335 g/mol. The van der Waals surface area contributed by atoms with Crippen LogP contribution in [-0.2, 0) is 11.2 Å². The van der Waals surface area contributed by atoms with Gasteiger partial charge in [0.2, 0.25) is 5.91 Å². The summed E-state index contributed by atoms with van der Waals surface area (Å²) in [6.07, 6.45) is 6.05. The zero-order chi connectivity index (χ0) is 17.4. The highest BCUT2D eigenvalue weighted by Gasteiger charge is 2.31. The summed E-state index contributed by atoms with van der Waals surface area (Å²) >= 11 is 0. The van der Waals surface area contributed by atoms with Crippen molar-refractivity contribution >= 4 is 11.6 Å². The number of nitrogens with zero attached hydrogens (tertiary/aromatic N) is 5. The molecule has 25 heavy (non-hydrogen) atoms. The lowest BCUT2D eigenvalue weighted by atomic mass is 10.1. The quantitative estimate of drug-likeness (QED) is 0.738. The molecule has 128 valence electrons. The maximum absolute atomic E-state index is 13.0. The third kappa shape index (κ3) is 2.88. The molecule has 6 nitrogen and oxygen atoms in total. The third-order valence-electron chi connectivity index (χ3n) is 4.86. The molecule has 1 atom stereocenters. The van der Waals surface area contributed by atoms with E-state index in [0.29, 0.717) is 6.42 Å². The van der Waals surface area contributed by atoms with E-state index in [1.165, 1.54) is 0 Å². The van der Waals surface area contributed by atoms with Gasteiger partial charge in [-0.05, 0) is 44.9 Å². The van der Waals surface area contributed by atoms with Gasteiger partial charge in [-0.25, -0.2) is 15.0 Å². The van der Waals surface area contributed by atoms with Crippen LogP contribution in [0.4, 0.5) is 0 Å². The molecule has 0 bridgehead atoms. The highest BCUT2D eigenvalue weighted by atomic mass is 16.2. The zero-order valence-corrected chi connectivity index (χ0v) is 14.5. The number of rotatable bonds is 3. The van der Waals surface area contributed by atoms with Crippen molar-refractivity contribution in [1.29, 1.82) is 0 Å². The minimum Gasteiger partial charge on any atom is -0.334 e. The predicted molar refractivity (Wildman–Crippen MR) is 94.1 cm³/mol. The van der Waals surface area contributed by atoms with Gasteiger partial charge in [0.05, 0.1) is 29.5 Å². The first kappa shape index (κ1) is 15.7. The molecule has 0 unspecified atom stereocenters. The molecule has 6 heteroatoms. The van der Waals surface area contributed by atoms with E-state index in [9.17, 15) is 4.79 Å². The monoisotopic (exact) mass is 335 g/mol. The van der Waals surface area contributed by atoms with Crippen LogP contribution in [0.25, 0.3) is 5.65 Å². The second kappa shape index (κ2) is 6.27. The molecule has 4 rings (SSSR count). The second-order valence-corrected chi connectivity index (χ2v) is 6.52. The molecule has 3 aromatic rings. The average Bonchev–Trinajstić information content (AvgIpc) is 3.20. The van der Waals surface area contributed by atoms with E-state index in [-0.39, 0.29) is 11.9 Å².